The molecular formula is C10H15O7PS2. The molecule has 1 aromatic rings. The number of hydrogen-bond acceptors (Lipinski definition) is 7. The molecule has 0 aliphatic carbocycles. The molecule has 20 heavy (non-hydrogen) atoms. The highest BCUT2D eigenvalue weighted by molar-refractivity contribution is 7.97. The molecule has 2 atom stereocenters. The van der Waals surface area contributed by atoms with Gasteiger partial charge in [0.1, 0.15) is 0 Å². The molecule has 0 amide bonds. The van der Waals surface area contributed by atoms with E-state index in [4.69, 9.17) is 4.52 Å². The summed E-state index contributed by atoms with van der Waals surface area (Å²) in [6.07, 6.45) is 0.682. The van der Waals surface area contributed by atoms with Gasteiger partial charge in [-0.15, -0.1) is 0 Å². The fourth-order valence-corrected chi connectivity index (χ4v) is 6.15. The summed E-state index contributed by atoms with van der Waals surface area (Å²) in [5.74, 6) is 0. The van der Waals surface area contributed by atoms with E-state index in [0.717, 1.165) is 0 Å². The second-order valence-electron chi connectivity index (χ2n) is 3.74. The highest BCUT2D eigenvalue weighted by atomic mass is 32.2. The van der Waals surface area contributed by atoms with Crippen LogP contribution in [0.4, 0.5) is 0 Å². The minimum absolute atomic E-state index is 0.0221. The van der Waals surface area contributed by atoms with Gasteiger partial charge >= 0.3 is 0 Å². The van der Waals surface area contributed by atoms with Crippen molar-refractivity contribution in [3.8, 4) is 0 Å². The number of benzene rings is 1. The van der Waals surface area contributed by atoms with Crippen molar-refractivity contribution in [3.05, 3.63) is 30.3 Å². The minimum atomic E-state index is -4.25. The van der Waals surface area contributed by atoms with Gasteiger partial charge in [-0.3, -0.25) is 4.57 Å². The van der Waals surface area contributed by atoms with Crippen LogP contribution in [0, 0.1) is 0 Å². The van der Waals surface area contributed by atoms with Crippen LogP contribution in [-0.2, 0) is 33.2 Å². The quantitative estimate of drug-likeness (QED) is 0.542. The van der Waals surface area contributed by atoms with Crippen LogP contribution in [0.25, 0.3) is 0 Å². The number of rotatable bonds is 7. The topological polar surface area (TPSA) is 104 Å². The molecule has 0 radical (unpaired) electrons. The smallest absolute Gasteiger partial charge is 0.266 e. The maximum Gasteiger partial charge on any atom is 0.266 e. The maximum absolute atomic E-state index is 12.3. The van der Waals surface area contributed by atoms with E-state index in [9.17, 15) is 21.4 Å². The van der Waals surface area contributed by atoms with Crippen molar-refractivity contribution in [2.45, 2.75) is 17.0 Å². The zero-order valence-corrected chi connectivity index (χ0v) is 13.5. The maximum atomic E-state index is 12.3. The summed E-state index contributed by atoms with van der Waals surface area (Å²) < 4.78 is 67.9. The first-order chi connectivity index (χ1) is 9.18. The van der Waals surface area contributed by atoms with Crippen LogP contribution in [0.3, 0.4) is 0 Å². The van der Waals surface area contributed by atoms with Crippen molar-refractivity contribution >= 4 is 28.0 Å². The van der Waals surface area contributed by atoms with Crippen molar-refractivity contribution < 1.29 is 30.1 Å². The van der Waals surface area contributed by atoms with Crippen molar-refractivity contribution in [1.29, 1.82) is 0 Å². The van der Waals surface area contributed by atoms with E-state index in [-0.39, 0.29) is 11.5 Å². The van der Waals surface area contributed by atoms with Gasteiger partial charge in [0.05, 0.1) is 17.8 Å². The fourth-order valence-electron chi connectivity index (χ4n) is 1.32. The molecule has 7 nitrogen and oxygen atoms in total. The van der Waals surface area contributed by atoms with Crippen LogP contribution in [0.1, 0.15) is 6.92 Å². The summed E-state index contributed by atoms with van der Waals surface area (Å²) in [6.45, 7) is 1.49. The van der Waals surface area contributed by atoms with Crippen molar-refractivity contribution in [1.82, 2.24) is 0 Å². The van der Waals surface area contributed by atoms with Crippen molar-refractivity contribution in [2.24, 2.45) is 0 Å². The molecule has 0 aromatic heterocycles. The van der Waals surface area contributed by atoms with Gasteiger partial charge in [-0.05, 0) is 19.1 Å². The molecular weight excluding hydrogens is 327 g/mol. The lowest BCUT2D eigenvalue weighted by molar-refractivity contribution is 0.290. The third kappa shape index (κ3) is 4.68. The number of hydrogen-bond donors (Lipinski definition) is 0. The summed E-state index contributed by atoms with van der Waals surface area (Å²) in [5.41, 5.74) is 0. The molecule has 0 spiro atoms. The van der Waals surface area contributed by atoms with Gasteiger partial charge < -0.3 is 4.52 Å². The molecule has 10 heteroatoms. The van der Waals surface area contributed by atoms with E-state index in [0.29, 0.717) is 6.26 Å². The Bertz CT molecular complexity index is 667. The third-order valence-electron chi connectivity index (χ3n) is 2.09. The van der Waals surface area contributed by atoms with Gasteiger partial charge in [-0.1, -0.05) is 18.2 Å². The fraction of sp³-hybridized carbons (Fsp3) is 0.400. The van der Waals surface area contributed by atoms with Crippen molar-refractivity contribution in [2.75, 3.05) is 12.9 Å². The molecule has 0 bridgehead atoms. The summed E-state index contributed by atoms with van der Waals surface area (Å²) in [7, 11) is -11.6. The lowest BCUT2D eigenvalue weighted by Crippen LogP contribution is -2.25. The van der Waals surface area contributed by atoms with Gasteiger partial charge in [-0.25, -0.2) is 12.6 Å². The SMILES string of the molecule is CCO[PH](=O)C(OS(C)(=O)=O)S(=O)(=O)c1ccccc1. The average molecular weight is 342 g/mol. The van der Waals surface area contributed by atoms with E-state index >= 15 is 0 Å². The summed E-state index contributed by atoms with van der Waals surface area (Å²) in [5, 5.41) is -2.06. The first kappa shape index (κ1) is 17.3. The highest BCUT2D eigenvalue weighted by Crippen LogP contribution is 2.38. The Morgan fingerprint density at radius 1 is 1.15 bits per heavy atom. The molecule has 0 aliphatic rings. The largest absolute Gasteiger partial charge is 0.328 e. The Kier molecular flexibility index (Phi) is 5.91. The Morgan fingerprint density at radius 3 is 2.15 bits per heavy atom. The lowest BCUT2D eigenvalue weighted by Gasteiger charge is -2.16. The Morgan fingerprint density at radius 2 is 1.70 bits per heavy atom. The standard InChI is InChI=1S/C10H15O7PS2/c1-3-16-18(11)10(17-19(2,12)13)20(14,15)9-7-5-4-6-8-9/h4-8,10,18H,3H2,1-2H3. The summed E-state index contributed by atoms with van der Waals surface area (Å²) >= 11 is 0. The molecule has 0 saturated heterocycles. The van der Waals surface area contributed by atoms with E-state index in [2.05, 4.69) is 4.18 Å². The third-order valence-corrected chi connectivity index (χ3v) is 7.10. The van der Waals surface area contributed by atoms with Gasteiger partial charge in [-0.2, -0.15) is 8.42 Å². The molecule has 0 saturated carbocycles. The van der Waals surface area contributed by atoms with Crippen LogP contribution in [0.2, 0.25) is 0 Å². The van der Waals surface area contributed by atoms with Crippen LogP contribution in [0.5, 0.6) is 0 Å². The van der Waals surface area contributed by atoms with Crippen LogP contribution < -0.4 is 0 Å². The first-order valence-electron chi connectivity index (χ1n) is 5.52. The normalized spacial score (nSPS) is 15.7. The lowest BCUT2D eigenvalue weighted by atomic mass is 10.4. The molecule has 1 aromatic carbocycles. The minimum Gasteiger partial charge on any atom is -0.328 e. The van der Waals surface area contributed by atoms with Gasteiger partial charge in [0.25, 0.3) is 15.3 Å². The number of sulfone groups is 1. The molecule has 2 unspecified atom stereocenters. The van der Waals surface area contributed by atoms with E-state index in [1.807, 2.05) is 0 Å². The van der Waals surface area contributed by atoms with E-state index in [1.54, 1.807) is 6.07 Å². The summed E-state index contributed by atoms with van der Waals surface area (Å²) in [6, 6.07) is 7.03. The predicted octanol–water partition coefficient (Wildman–Crippen LogP) is 1.23. The van der Waals surface area contributed by atoms with Crippen LogP contribution in [0.15, 0.2) is 35.2 Å². The second kappa shape index (κ2) is 6.82. The van der Waals surface area contributed by atoms with Gasteiger partial charge in [0.2, 0.25) is 17.9 Å². The van der Waals surface area contributed by atoms with Gasteiger partial charge in [0, 0.05) is 0 Å². The summed E-state index contributed by atoms with van der Waals surface area (Å²) in [4.78, 5) is -0.188. The van der Waals surface area contributed by atoms with Gasteiger partial charge in [0.15, 0.2) is 0 Å². The average Bonchev–Trinajstić information content (AvgIpc) is 2.36. The zero-order chi connectivity index (χ0) is 15.4. The molecule has 1 rings (SSSR count). The molecule has 0 heterocycles. The zero-order valence-electron chi connectivity index (χ0n) is 10.8. The highest BCUT2D eigenvalue weighted by Gasteiger charge is 2.37. The molecule has 0 fully saturated rings. The monoisotopic (exact) mass is 342 g/mol. The van der Waals surface area contributed by atoms with Crippen LogP contribution >= 0.6 is 8.03 Å². The Balaban J connectivity index is 3.26. The Labute approximate surface area is 118 Å². The molecule has 0 aliphatic heterocycles. The first-order valence-corrected chi connectivity index (χ1v) is 10.3. The predicted molar refractivity (Wildman–Crippen MR) is 74.0 cm³/mol. The van der Waals surface area contributed by atoms with E-state index in [1.165, 1.54) is 31.2 Å². The van der Waals surface area contributed by atoms with Crippen molar-refractivity contribution in [3.63, 3.8) is 0 Å². The molecule has 0 N–H and O–H groups in total. The Hall–Kier alpha value is -0.730. The van der Waals surface area contributed by atoms with Crippen LogP contribution in [-0.4, -0.2) is 34.9 Å². The second-order valence-corrected chi connectivity index (χ2v) is 9.20. The van der Waals surface area contributed by atoms with E-state index < -0.39 is 33.2 Å². The molecule has 114 valence electrons.